The topological polar surface area (TPSA) is 62.3 Å². The first-order chi connectivity index (χ1) is 13.5. The SMILES string of the molecule is Cc1nc(NC(=O)c2ccccc2SCC(=O)N(C)C2CCCCC2)sc1C. The number of anilines is 1. The minimum Gasteiger partial charge on any atom is -0.342 e. The van der Waals surface area contributed by atoms with E-state index in [0.717, 1.165) is 28.3 Å². The summed E-state index contributed by atoms with van der Waals surface area (Å²) in [5.41, 5.74) is 1.51. The average Bonchev–Trinajstić information content (AvgIpc) is 3.03. The van der Waals surface area contributed by atoms with Crippen LogP contribution in [0.1, 0.15) is 53.0 Å². The van der Waals surface area contributed by atoms with Crippen molar-refractivity contribution in [2.45, 2.75) is 56.9 Å². The molecule has 0 bridgehead atoms. The molecular formula is C21H27N3O2S2. The molecule has 3 rings (SSSR count). The predicted octanol–water partition coefficient (Wildman–Crippen LogP) is 4.90. The Bertz CT molecular complexity index is 824. The molecule has 0 radical (unpaired) electrons. The molecular weight excluding hydrogens is 390 g/mol. The molecule has 7 heteroatoms. The first kappa shape index (κ1) is 20.9. The Labute approximate surface area is 174 Å². The number of amides is 2. The Morgan fingerprint density at radius 1 is 1.21 bits per heavy atom. The van der Waals surface area contributed by atoms with Crippen LogP contribution in [-0.2, 0) is 4.79 Å². The number of nitrogens with zero attached hydrogens (tertiary/aromatic N) is 2. The van der Waals surface area contributed by atoms with Crippen molar-refractivity contribution in [2.24, 2.45) is 0 Å². The molecule has 28 heavy (non-hydrogen) atoms. The molecule has 0 aliphatic heterocycles. The van der Waals surface area contributed by atoms with Crippen molar-refractivity contribution in [1.82, 2.24) is 9.88 Å². The van der Waals surface area contributed by atoms with Crippen molar-refractivity contribution in [2.75, 3.05) is 18.1 Å². The van der Waals surface area contributed by atoms with Gasteiger partial charge in [0.25, 0.3) is 5.91 Å². The zero-order valence-corrected chi connectivity index (χ0v) is 18.3. The highest BCUT2D eigenvalue weighted by Gasteiger charge is 2.22. The molecule has 5 nitrogen and oxygen atoms in total. The van der Waals surface area contributed by atoms with Crippen molar-refractivity contribution in [3.63, 3.8) is 0 Å². The Hall–Kier alpha value is -1.86. The number of hydrogen-bond donors (Lipinski definition) is 1. The summed E-state index contributed by atoms with van der Waals surface area (Å²) in [5.74, 6) is 0.274. The summed E-state index contributed by atoms with van der Waals surface area (Å²) in [6, 6.07) is 7.78. The van der Waals surface area contributed by atoms with Crippen molar-refractivity contribution in [1.29, 1.82) is 0 Å². The Morgan fingerprint density at radius 3 is 2.61 bits per heavy atom. The van der Waals surface area contributed by atoms with E-state index in [0.29, 0.717) is 22.5 Å². The number of nitrogens with one attached hydrogen (secondary N) is 1. The van der Waals surface area contributed by atoms with Crippen LogP contribution < -0.4 is 5.32 Å². The van der Waals surface area contributed by atoms with Crippen molar-refractivity contribution in [3.8, 4) is 0 Å². The Balaban J connectivity index is 1.63. The minimum absolute atomic E-state index is 0.123. The smallest absolute Gasteiger partial charge is 0.258 e. The minimum atomic E-state index is -0.190. The molecule has 0 saturated heterocycles. The van der Waals surface area contributed by atoms with Gasteiger partial charge in [-0.15, -0.1) is 23.1 Å². The van der Waals surface area contributed by atoms with Crippen LogP contribution in [0.25, 0.3) is 0 Å². The monoisotopic (exact) mass is 417 g/mol. The number of rotatable bonds is 6. The molecule has 1 aliphatic carbocycles. The van der Waals surface area contributed by atoms with E-state index in [1.165, 1.54) is 42.4 Å². The quantitative estimate of drug-likeness (QED) is 0.680. The Morgan fingerprint density at radius 2 is 1.93 bits per heavy atom. The van der Waals surface area contributed by atoms with Crippen LogP contribution >= 0.6 is 23.1 Å². The van der Waals surface area contributed by atoms with Gasteiger partial charge in [0, 0.05) is 22.9 Å². The van der Waals surface area contributed by atoms with Gasteiger partial charge in [-0.05, 0) is 38.8 Å². The second-order valence-electron chi connectivity index (χ2n) is 7.20. The van der Waals surface area contributed by atoms with E-state index < -0.39 is 0 Å². The van der Waals surface area contributed by atoms with Gasteiger partial charge < -0.3 is 4.90 Å². The lowest BCUT2D eigenvalue weighted by atomic mass is 9.94. The van der Waals surface area contributed by atoms with Crippen LogP contribution in [0, 0.1) is 13.8 Å². The van der Waals surface area contributed by atoms with Gasteiger partial charge in [-0.3, -0.25) is 14.9 Å². The van der Waals surface area contributed by atoms with Gasteiger partial charge in [-0.2, -0.15) is 0 Å². The van der Waals surface area contributed by atoms with Gasteiger partial charge in [-0.1, -0.05) is 31.4 Å². The highest BCUT2D eigenvalue weighted by molar-refractivity contribution is 8.00. The number of aryl methyl sites for hydroxylation is 2. The fourth-order valence-corrected chi connectivity index (χ4v) is 5.17. The van der Waals surface area contributed by atoms with E-state index in [2.05, 4.69) is 10.3 Å². The van der Waals surface area contributed by atoms with Gasteiger partial charge in [0.15, 0.2) is 5.13 Å². The molecule has 0 atom stereocenters. The van der Waals surface area contributed by atoms with Crippen molar-refractivity contribution in [3.05, 3.63) is 40.4 Å². The standard InChI is InChI=1S/C21H27N3O2S2/c1-14-15(2)28-21(22-14)23-20(26)17-11-7-8-12-18(17)27-13-19(25)24(3)16-9-5-4-6-10-16/h7-8,11-12,16H,4-6,9-10,13H2,1-3H3,(H,22,23,26). The highest BCUT2D eigenvalue weighted by atomic mass is 32.2. The molecule has 1 heterocycles. The molecule has 2 aromatic rings. The second-order valence-corrected chi connectivity index (χ2v) is 9.42. The highest BCUT2D eigenvalue weighted by Crippen LogP contribution is 2.27. The fraction of sp³-hybridized carbons (Fsp3) is 0.476. The van der Waals surface area contributed by atoms with Crippen LogP contribution in [0.5, 0.6) is 0 Å². The number of thiazole rings is 1. The number of benzene rings is 1. The zero-order chi connectivity index (χ0) is 20.1. The first-order valence-corrected chi connectivity index (χ1v) is 11.5. The summed E-state index contributed by atoms with van der Waals surface area (Å²) >= 11 is 2.90. The summed E-state index contributed by atoms with van der Waals surface area (Å²) in [5, 5.41) is 3.49. The van der Waals surface area contributed by atoms with Crippen LogP contribution in [0.15, 0.2) is 29.2 Å². The average molecular weight is 418 g/mol. The normalized spacial score (nSPS) is 14.7. The van der Waals surface area contributed by atoms with Gasteiger partial charge in [-0.25, -0.2) is 4.98 Å². The molecule has 1 aromatic carbocycles. The zero-order valence-electron chi connectivity index (χ0n) is 16.7. The molecule has 1 aromatic heterocycles. The molecule has 1 N–H and O–H groups in total. The third-order valence-electron chi connectivity index (χ3n) is 5.25. The summed E-state index contributed by atoms with van der Waals surface area (Å²) in [4.78, 5) is 33.5. The summed E-state index contributed by atoms with van der Waals surface area (Å²) in [7, 11) is 1.91. The first-order valence-electron chi connectivity index (χ1n) is 9.68. The Kier molecular flexibility index (Phi) is 7.13. The van der Waals surface area contributed by atoms with E-state index in [4.69, 9.17) is 0 Å². The predicted molar refractivity (Wildman–Crippen MR) is 116 cm³/mol. The number of thioether (sulfide) groups is 1. The molecule has 0 spiro atoms. The van der Waals surface area contributed by atoms with Crippen LogP contribution in [0.2, 0.25) is 0 Å². The van der Waals surface area contributed by atoms with E-state index in [1.54, 1.807) is 6.07 Å². The fourth-order valence-electron chi connectivity index (χ4n) is 3.38. The van der Waals surface area contributed by atoms with Gasteiger partial charge in [0.05, 0.1) is 17.0 Å². The third-order valence-corrected chi connectivity index (χ3v) is 7.29. The number of carbonyl (C=O) groups is 2. The lowest BCUT2D eigenvalue weighted by Gasteiger charge is -2.31. The second kappa shape index (κ2) is 9.56. The van der Waals surface area contributed by atoms with Crippen LogP contribution in [0.4, 0.5) is 5.13 Å². The maximum absolute atomic E-state index is 12.7. The summed E-state index contributed by atoms with van der Waals surface area (Å²) in [6.45, 7) is 3.92. The lowest BCUT2D eigenvalue weighted by molar-refractivity contribution is -0.129. The lowest BCUT2D eigenvalue weighted by Crippen LogP contribution is -2.39. The molecule has 2 amide bonds. The third kappa shape index (κ3) is 5.14. The molecule has 1 aliphatic rings. The van der Waals surface area contributed by atoms with Crippen molar-refractivity contribution < 1.29 is 9.59 Å². The largest absolute Gasteiger partial charge is 0.342 e. The summed E-state index contributed by atoms with van der Waals surface area (Å²) in [6.07, 6.45) is 5.87. The van der Waals surface area contributed by atoms with Gasteiger partial charge in [0.2, 0.25) is 5.91 Å². The molecule has 1 fully saturated rings. The number of aromatic nitrogens is 1. The molecule has 0 unspecified atom stereocenters. The van der Waals surface area contributed by atoms with Crippen molar-refractivity contribution >= 4 is 40.0 Å². The van der Waals surface area contributed by atoms with Gasteiger partial charge >= 0.3 is 0 Å². The number of carbonyl (C=O) groups excluding carboxylic acids is 2. The van der Waals surface area contributed by atoms with E-state index >= 15 is 0 Å². The van der Waals surface area contributed by atoms with Crippen LogP contribution in [-0.4, -0.2) is 40.5 Å². The van der Waals surface area contributed by atoms with Crippen LogP contribution in [0.3, 0.4) is 0 Å². The van der Waals surface area contributed by atoms with Gasteiger partial charge in [0.1, 0.15) is 0 Å². The number of hydrogen-bond acceptors (Lipinski definition) is 5. The summed E-state index contributed by atoms with van der Waals surface area (Å²) < 4.78 is 0. The van der Waals surface area contributed by atoms with E-state index in [1.807, 2.05) is 44.0 Å². The maximum Gasteiger partial charge on any atom is 0.258 e. The molecule has 150 valence electrons. The van der Waals surface area contributed by atoms with E-state index in [-0.39, 0.29) is 11.8 Å². The maximum atomic E-state index is 12.7. The molecule has 1 saturated carbocycles. The van der Waals surface area contributed by atoms with E-state index in [9.17, 15) is 9.59 Å².